The Balaban J connectivity index is 2.33. The molecule has 0 spiro atoms. The van der Waals surface area contributed by atoms with Crippen LogP contribution in [0.4, 0.5) is 0 Å². The predicted molar refractivity (Wildman–Crippen MR) is 66.0 cm³/mol. The summed E-state index contributed by atoms with van der Waals surface area (Å²) in [6.45, 7) is 4.85. The summed E-state index contributed by atoms with van der Waals surface area (Å²) in [6, 6.07) is 1.58. The average Bonchev–Trinajstić information content (AvgIpc) is 2.30. The highest BCUT2D eigenvalue weighted by molar-refractivity contribution is 5.08. The number of ether oxygens (including phenoxy) is 1. The fraction of sp³-hybridized carbons (Fsp3) is 0.692. The highest BCUT2D eigenvalue weighted by Crippen LogP contribution is 2.31. The van der Waals surface area contributed by atoms with E-state index in [4.69, 9.17) is 4.74 Å². The van der Waals surface area contributed by atoms with Gasteiger partial charge >= 0.3 is 0 Å². The van der Waals surface area contributed by atoms with Crippen molar-refractivity contribution < 1.29 is 4.74 Å². The third kappa shape index (κ3) is 2.75. The lowest BCUT2D eigenvalue weighted by Crippen LogP contribution is -2.34. The second-order valence-corrected chi connectivity index (χ2v) is 4.87. The van der Waals surface area contributed by atoms with Gasteiger partial charge in [0.1, 0.15) is 11.4 Å². The van der Waals surface area contributed by atoms with Crippen molar-refractivity contribution in [3.8, 4) is 0 Å². The molecule has 1 fully saturated rings. The minimum absolute atomic E-state index is 0.0751. The predicted octanol–water partition coefficient (Wildman–Crippen LogP) is 2.14. The smallest absolute Gasteiger partial charge is 0.251 e. The van der Waals surface area contributed by atoms with Crippen molar-refractivity contribution >= 4 is 0 Å². The van der Waals surface area contributed by atoms with Gasteiger partial charge in [0, 0.05) is 18.4 Å². The van der Waals surface area contributed by atoms with Crippen molar-refractivity contribution in [2.24, 2.45) is 0 Å². The zero-order valence-electron chi connectivity index (χ0n) is 10.6. The van der Waals surface area contributed by atoms with Crippen LogP contribution >= 0.6 is 0 Å². The lowest BCUT2D eigenvalue weighted by Gasteiger charge is -2.32. The van der Waals surface area contributed by atoms with Gasteiger partial charge in [-0.15, -0.1) is 0 Å². The van der Waals surface area contributed by atoms with Gasteiger partial charge in [-0.1, -0.05) is 13.3 Å². The van der Waals surface area contributed by atoms with Crippen LogP contribution in [0.15, 0.2) is 10.9 Å². The maximum atomic E-state index is 11.6. The number of nitrogens with one attached hydrogen (secondary N) is 1. The quantitative estimate of drug-likeness (QED) is 0.874. The molecule has 0 saturated carbocycles. The molecule has 1 aromatic rings. The van der Waals surface area contributed by atoms with E-state index in [1.54, 1.807) is 6.07 Å². The van der Waals surface area contributed by atoms with Crippen molar-refractivity contribution in [3.05, 3.63) is 27.9 Å². The van der Waals surface area contributed by atoms with E-state index < -0.39 is 5.60 Å². The van der Waals surface area contributed by atoms with Gasteiger partial charge in [-0.2, -0.15) is 0 Å². The second-order valence-electron chi connectivity index (χ2n) is 4.87. The van der Waals surface area contributed by atoms with E-state index in [2.05, 4.69) is 16.9 Å². The highest BCUT2D eigenvalue weighted by Gasteiger charge is 2.32. The summed E-state index contributed by atoms with van der Waals surface area (Å²) in [7, 11) is 0. The number of hydrogen-bond donors (Lipinski definition) is 1. The van der Waals surface area contributed by atoms with Crippen molar-refractivity contribution in [3.63, 3.8) is 0 Å². The van der Waals surface area contributed by atoms with Gasteiger partial charge in [-0.05, 0) is 32.6 Å². The fourth-order valence-corrected chi connectivity index (χ4v) is 2.26. The Labute approximate surface area is 101 Å². The molecule has 1 aliphatic heterocycles. The van der Waals surface area contributed by atoms with E-state index in [0.717, 1.165) is 44.4 Å². The maximum Gasteiger partial charge on any atom is 0.251 e. The van der Waals surface area contributed by atoms with E-state index >= 15 is 0 Å². The molecular formula is C13H20N2O2. The molecule has 2 heterocycles. The van der Waals surface area contributed by atoms with E-state index in [1.807, 2.05) is 6.92 Å². The number of aromatic amines is 1. The Morgan fingerprint density at radius 1 is 1.53 bits per heavy atom. The summed E-state index contributed by atoms with van der Waals surface area (Å²) in [5, 5.41) is 0. The molecular weight excluding hydrogens is 216 g/mol. The largest absolute Gasteiger partial charge is 0.367 e. The zero-order chi connectivity index (χ0) is 12.3. The minimum atomic E-state index is -0.416. The normalized spacial score (nSPS) is 24.8. The third-order valence-corrected chi connectivity index (χ3v) is 3.27. The van der Waals surface area contributed by atoms with E-state index in [0.29, 0.717) is 5.82 Å². The first kappa shape index (κ1) is 12.3. The summed E-state index contributed by atoms with van der Waals surface area (Å²) < 4.78 is 5.81. The summed E-state index contributed by atoms with van der Waals surface area (Å²) >= 11 is 0. The lowest BCUT2D eigenvalue weighted by atomic mass is 9.95. The van der Waals surface area contributed by atoms with Crippen LogP contribution in [0.2, 0.25) is 0 Å². The first-order valence-corrected chi connectivity index (χ1v) is 6.39. The molecule has 1 saturated heterocycles. The number of aryl methyl sites for hydroxylation is 1. The Hall–Kier alpha value is -1.16. The average molecular weight is 236 g/mol. The number of nitrogens with zero attached hydrogens (tertiary/aromatic N) is 1. The standard InChI is InChI=1S/C13H20N2O2/c1-3-6-10-9-11(16)15-12(14-10)13(2)7-4-5-8-17-13/h9H,3-8H2,1-2H3,(H,14,15,16). The van der Waals surface area contributed by atoms with Crippen molar-refractivity contribution in [2.45, 2.75) is 51.6 Å². The number of H-pyrrole nitrogens is 1. The fourth-order valence-electron chi connectivity index (χ4n) is 2.26. The van der Waals surface area contributed by atoms with Crippen LogP contribution in [0, 0.1) is 0 Å². The Bertz CT molecular complexity index is 433. The van der Waals surface area contributed by atoms with Crippen LogP contribution in [0.25, 0.3) is 0 Å². The number of rotatable bonds is 3. The molecule has 1 unspecified atom stereocenters. The zero-order valence-corrected chi connectivity index (χ0v) is 10.6. The van der Waals surface area contributed by atoms with Gasteiger partial charge in [0.2, 0.25) is 0 Å². The molecule has 2 rings (SSSR count). The summed E-state index contributed by atoms with van der Waals surface area (Å²) in [4.78, 5) is 19.0. The first-order valence-electron chi connectivity index (χ1n) is 6.39. The molecule has 0 bridgehead atoms. The summed E-state index contributed by atoms with van der Waals surface area (Å²) in [5.41, 5.74) is 0.372. The van der Waals surface area contributed by atoms with Gasteiger partial charge in [0.25, 0.3) is 5.56 Å². The molecule has 0 aliphatic carbocycles. The number of aromatic nitrogens is 2. The van der Waals surface area contributed by atoms with Crippen molar-refractivity contribution in [2.75, 3.05) is 6.61 Å². The molecule has 1 N–H and O–H groups in total. The Morgan fingerprint density at radius 2 is 2.35 bits per heavy atom. The molecule has 94 valence electrons. The topological polar surface area (TPSA) is 55.0 Å². The van der Waals surface area contributed by atoms with Gasteiger partial charge in [0.15, 0.2) is 0 Å². The van der Waals surface area contributed by atoms with Crippen LogP contribution < -0.4 is 5.56 Å². The number of hydrogen-bond acceptors (Lipinski definition) is 3. The molecule has 1 atom stereocenters. The second kappa shape index (κ2) is 5.00. The van der Waals surface area contributed by atoms with Crippen LogP contribution in [-0.2, 0) is 16.8 Å². The Kier molecular flexibility index (Phi) is 3.62. The molecule has 1 aliphatic rings. The molecule has 4 nitrogen and oxygen atoms in total. The molecule has 17 heavy (non-hydrogen) atoms. The molecule has 4 heteroatoms. The lowest BCUT2D eigenvalue weighted by molar-refractivity contribution is -0.0763. The van der Waals surface area contributed by atoms with Crippen LogP contribution in [0.1, 0.15) is 51.0 Å². The van der Waals surface area contributed by atoms with E-state index in [-0.39, 0.29) is 5.56 Å². The Morgan fingerprint density at radius 3 is 3.00 bits per heavy atom. The summed E-state index contributed by atoms with van der Waals surface area (Å²) in [6.07, 6.45) is 4.97. The highest BCUT2D eigenvalue weighted by atomic mass is 16.5. The third-order valence-electron chi connectivity index (χ3n) is 3.27. The van der Waals surface area contributed by atoms with Gasteiger partial charge in [-0.3, -0.25) is 4.79 Å². The van der Waals surface area contributed by atoms with E-state index in [1.165, 1.54) is 0 Å². The van der Waals surface area contributed by atoms with Gasteiger partial charge in [-0.25, -0.2) is 4.98 Å². The van der Waals surface area contributed by atoms with Crippen LogP contribution in [0.3, 0.4) is 0 Å². The molecule has 0 amide bonds. The van der Waals surface area contributed by atoms with E-state index in [9.17, 15) is 4.79 Å². The van der Waals surface area contributed by atoms with Gasteiger partial charge in [0.05, 0.1) is 0 Å². The van der Waals surface area contributed by atoms with Crippen LogP contribution in [-0.4, -0.2) is 16.6 Å². The first-order chi connectivity index (χ1) is 8.14. The monoisotopic (exact) mass is 236 g/mol. The van der Waals surface area contributed by atoms with Crippen molar-refractivity contribution in [1.29, 1.82) is 0 Å². The molecule has 0 aromatic carbocycles. The molecule has 1 aromatic heterocycles. The SMILES string of the molecule is CCCc1cc(=O)[nH]c(C2(C)CCCCO2)n1. The maximum absolute atomic E-state index is 11.6. The van der Waals surface area contributed by atoms with Crippen LogP contribution in [0.5, 0.6) is 0 Å². The minimum Gasteiger partial charge on any atom is -0.367 e. The molecule has 0 radical (unpaired) electrons. The van der Waals surface area contributed by atoms with Crippen molar-refractivity contribution in [1.82, 2.24) is 9.97 Å². The van der Waals surface area contributed by atoms with Gasteiger partial charge < -0.3 is 9.72 Å². The summed E-state index contributed by atoms with van der Waals surface area (Å²) in [5.74, 6) is 0.688.